The van der Waals surface area contributed by atoms with Crippen molar-refractivity contribution < 1.29 is 7.13 Å². The van der Waals surface area contributed by atoms with Crippen molar-refractivity contribution in [1.29, 1.82) is 0 Å². The predicted molar refractivity (Wildman–Crippen MR) is 173 cm³/mol. The van der Waals surface area contributed by atoms with Crippen LogP contribution in [-0.2, 0) is 0 Å². The zero-order valence-corrected chi connectivity index (χ0v) is 24.3. The van der Waals surface area contributed by atoms with E-state index >= 15 is 0 Å². The number of thiophene rings is 1. The van der Waals surface area contributed by atoms with Gasteiger partial charge in [0.25, 0.3) is 0 Å². The van der Waals surface area contributed by atoms with Crippen molar-refractivity contribution in [2.75, 3.05) is 0 Å². The first-order chi connectivity index (χ1) is 20.5. The third kappa shape index (κ3) is 4.25. The van der Waals surface area contributed by atoms with Crippen LogP contribution in [0.1, 0.15) is 53.4 Å². The molecule has 0 saturated carbocycles. The molecule has 0 unspecified atom stereocenters. The highest BCUT2D eigenvalue weighted by atomic mass is 32.1. The van der Waals surface area contributed by atoms with E-state index in [1.807, 2.05) is 76.2 Å². The quantitative estimate of drug-likeness (QED) is 0.206. The average molecular weight is 557 g/mol. The Bertz CT molecular complexity index is 2130. The summed E-state index contributed by atoms with van der Waals surface area (Å²) in [5, 5.41) is 2.07. The lowest BCUT2D eigenvalue weighted by molar-refractivity contribution is 0.630. The van der Waals surface area contributed by atoms with Crippen LogP contribution < -0.4 is 0 Å². The van der Waals surface area contributed by atoms with Crippen LogP contribution in [0, 0.1) is 5.82 Å². The summed E-state index contributed by atoms with van der Waals surface area (Å²) in [5.74, 6) is -1.48. The molecule has 0 aliphatic heterocycles. The van der Waals surface area contributed by atoms with E-state index in [1.165, 1.54) is 6.07 Å². The van der Waals surface area contributed by atoms with E-state index in [-0.39, 0.29) is 5.82 Å². The number of rotatable bonds is 5. The molecule has 0 fully saturated rings. The zero-order chi connectivity index (χ0) is 30.1. The molecule has 41 heavy (non-hydrogen) atoms. The Kier molecular flexibility index (Phi) is 5.70. The summed E-state index contributed by atoms with van der Waals surface area (Å²) in [4.78, 5) is 5.20. The van der Waals surface area contributed by atoms with Gasteiger partial charge in [0.15, 0.2) is 0 Å². The highest BCUT2D eigenvalue weighted by Gasteiger charge is 2.24. The minimum absolute atomic E-state index is 0.254. The van der Waals surface area contributed by atoms with Crippen LogP contribution in [0.25, 0.3) is 59.4 Å². The summed E-state index contributed by atoms with van der Waals surface area (Å²) >= 11 is 1.56. The molecule has 0 saturated heterocycles. The molecule has 0 radical (unpaired) electrons. The smallest absolute Gasteiger partial charge is 0.147 e. The number of hydrogen-bond acceptors (Lipinski definition) is 2. The van der Waals surface area contributed by atoms with Gasteiger partial charge in [-0.2, -0.15) is 0 Å². The van der Waals surface area contributed by atoms with Crippen molar-refractivity contribution in [3.05, 3.63) is 120 Å². The Morgan fingerprint density at radius 1 is 0.732 bits per heavy atom. The Hall–Kier alpha value is -4.28. The molecule has 2 nitrogen and oxygen atoms in total. The summed E-state index contributed by atoms with van der Waals surface area (Å²) in [6.45, 7) is 7.62. The number of aromatic nitrogens is 2. The monoisotopic (exact) mass is 556 g/mol. The van der Waals surface area contributed by atoms with Gasteiger partial charge in [0.1, 0.15) is 11.6 Å². The van der Waals surface area contributed by atoms with Crippen LogP contribution in [0.15, 0.2) is 103 Å². The van der Waals surface area contributed by atoms with Crippen molar-refractivity contribution >= 4 is 42.5 Å². The van der Waals surface area contributed by atoms with Gasteiger partial charge in [-0.25, -0.2) is 9.37 Å². The summed E-state index contributed by atoms with van der Waals surface area (Å²) in [5.41, 5.74) is 7.15. The van der Waals surface area contributed by atoms with Crippen molar-refractivity contribution in [3.8, 4) is 28.2 Å². The maximum atomic E-state index is 14.2. The van der Waals surface area contributed by atoms with Crippen molar-refractivity contribution in [2.24, 2.45) is 0 Å². The van der Waals surface area contributed by atoms with Gasteiger partial charge in [-0.15, -0.1) is 11.3 Å². The van der Waals surface area contributed by atoms with Gasteiger partial charge in [0.2, 0.25) is 0 Å². The van der Waals surface area contributed by atoms with Crippen molar-refractivity contribution in [1.82, 2.24) is 9.55 Å². The number of fused-ring (bicyclic) bond motifs is 4. The van der Waals surface area contributed by atoms with E-state index in [4.69, 9.17) is 4.98 Å². The number of nitrogens with zero attached hydrogens (tertiary/aromatic N) is 2. The Morgan fingerprint density at radius 2 is 1.44 bits per heavy atom. The molecule has 0 aliphatic rings. The van der Waals surface area contributed by atoms with Gasteiger partial charge < -0.3 is 0 Å². The summed E-state index contributed by atoms with van der Waals surface area (Å²) in [6, 6.07) is 33.5. The van der Waals surface area contributed by atoms with Gasteiger partial charge in [-0.05, 0) is 76.5 Å². The number of imidazole rings is 1. The van der Waals surface area contributed by atoms with Crippen LogP contribution >= 0.6 is 11.3 Å². The first-order valence-electron chi connectivity index (χ1n) is 14.8. The van der Waals surface area contributed by atoms with Crippen molar-refractivity contribution in [3.63, 3.8) is 0 Å². The first kappa shape index (κ1) is 23.4. The Morgan fingerprint density at radius 3 is 2.17 bits per heavy atom. The van der Waals surface area contributed by atoms with E-state index < -0.39 is 11.8 Å². The molecule has 2 heterocycles. The fraction of sp³-hybridized carbons (Fsp3) is 0.162. The third-order valence-corrected chi connectivity index (χ3v) is 8.98. The van der Waals surface area contributed by atoms with Crippen LogP contribution in [-0.4, -0.2) is 9.55 Å². The molecule has 0 atom stereocenters. The van der Waals surface area contributed by atoms with Crippen LogP contribution in [0.3, 0.4) is 0 Å². The predicted octanol–water partition coefficient (Wildman–Crippen LogP) is 11.1. The maximum absolute atomic E-state index is 14.2. The van der Waals surface area contributed by atoms with Gasteiger partial charge >= 0.3 is 0 Å². The highest BCUT2D eigenvalue weighted by Crippen LogP contribution is 2.44. The topological polar surface area (TPSA) is 17.8 Å². The molecular formula is C37H31FN2S. The molecular weight excluding hydrogens is 523 g/mol. The summed E-state index contributed by atoms with van der Waals surface area (Å²) in [6.07, 6.45) is 0. The molecule has 7 aromatic rings. The lowest BCUT2D eigenvalue weighted by Gasteiger charge is -2.24. The average Bonchev–Trinajstić information content (AvgIpc) is 3.54. The Balaban J connectivity index is 1.63. The first-order valence-corrected chi connectivity index (χ1v) is 14.7. The second kappa shape index (κ2) is 9.97. The maximum Gasteiger partial charge on any atom is 0.147 e. The summed E-state index contributed by atoms with van der Waals surface area (Å²) < 4.78 is 37.0. The van der Waals surface area contributed by atoms with E-state index in [0.29, 0.717) is 0 Å². The van der Waals surface area contributed by atoms with Gasteiger partial charge in [0, 0.05) is 28.5 Å². The number of benzene rings is 5. The van der Waals surface area contributed by atoms with Gasteiger partial charge in [-0.3, -0.25) is 4.57 Å². The van der Waals surface area contributed by atoms with Gasteiger partial charge in [-0.1, -0.05) is 88.4 Å². The molecule has 0 amide bonds. The molecule has 0 spiro atoms. The molecule has 2 aromatic heterocycles. The number of para-hydroxylation sites is 2. The standard InChI is InChI=1S/C37H31FN2S/c1-22(2)30-19-25(24-11-6-5-7-12-24)20-31(23(3)4)35(30)40-33-16-9-8-15-32(33)39-37(40)29-14-10-13-28-27-18-17-26(38)21-34(27)41-36(28)29/h5-23H,1-4H3/i22D,23D. The highest BCUT2D eigenvalue weighted by molar-refractivity contribution is 7.26. The van der Waals surface area contributed by atoms with Gasteiger partial charge in [0.05, 0.1) is 16.7 Å². The number of hydrogen-bond donors (Lipinski definition) is 0. The van der Waals surface area contributed by atoms with E-state index in [0.717, 1.165) is 70.5 Å². The van der Waals surface area contributed by atoms with Crippen LogP contribution in [0.5, 0.6) is 0 Å². The SMILES string of the molecule is [2H]C(C)(C)c1cc(-c2ccccc2)cc(C([2H])(C)C)c1-n1c(-c2cccc3c2sc2cc(F)ccc23)nc2ccccc21. The Labute approximate surface area is 246 Å². The largest absolute Gasteiger partial charge is 0.292 e. The normalized spacial score (nSPS) is 13.2. The molecule has 0 bridgehead atoms. The molecule has 202 valence electrons. The van der Waals surface area contributed by atoms with E-state index in [9.17, 15) is 7.13 Å². The van der Waals surface area contributed by atoms with E-state index in [2.05, 4.69) is 47.0 Å². The fourth-order valence-corrected chi connectivity index (χ4v) is 7.05. The summed E-state index contributed by atoms with van der Waals surface area (Å²) in [7, 11) is 0. The molecule has 4 heteroatoms. The number of halogens is 1. The fourth-order valence-electron chi connectivity index (χ4n) is 5.82. The lowest BCUT2D eigenvalue weighted by atomic mass is 9.88. The second-order valence-electron chi connectivity index (χ2n) is 11.0. The lowest BCUT2D eigenvalue weighted by Crippen LogP contribution is -2.09. The van der Waals surface area contributed by atoms with Crippen LogP contribution in [0.2, 0.25) is 0 Å². The molecule has 7 rings (SSSR count). The minimum atomic E-state index is -0.982. The van der Waals surface area contributed by atoms with Crippen LogP contribution in [0.4, 0.5) is 4.39 Å². The zero-order valence-electron chi connectivity index (χ0n) is 25.5. The minimum Gasteiger partial charge on any atom is -0.292 e. The molecule has 5 aromatic carbocycles. The molecule has 0 N–H and O–H groups in total. The third-order valence-electron chi connectivity index (χ3n) is 7.78. The second-order valence-corrected chi connectivity index (χ2v) is 12.0. The molecule has 0 aliphatic carbocycles. The van der Waals surface area contributed by atoms with E-state index in [1.54, 1.807) is 17.4 Å². The van der Waals surface area contributed by atoms with Crippen molar-refractivity contribution in [2.45, 2.75) is 39.5 Å².